The van der Waals surface area contributed by atoms with Crippen LogP contribution in [0.3, 0.4) is 0 Å². The molecule has 1 saturated heterocycles. The van der Waals surface area contributed by atoms with E-state index >= 15 is 0 Å². The summed E-state index contributed by atoms with van der Waals surface area (Å²) in [6.45, 7) is 10.6. The fraction of sp³-hybridized carbons (Fsp3) is 0.560. The molecule has 2 N–H and O–H groups in total. The van der Waals surface area contributed by atoms with Gasteiger partial charge in [0, 0.05) is 42.0 Å². The molecule has 0 aliphatic carbocycles. The molecule has 5 rings (SSSR count). The van der Waals surface area contributed by atoms with Crippen LogP contribution >= 0.6 is 0 Å². The van der Waals surface area contributed by atoms with Gasteiger partial charge in [-0.25, -0.2) is 0 Å². The Morgan fingerprint density at radius 3 is 2.71 bits per heavy atom. The highest BCUT2D eigenvalue weighted by Gasteiger charge is 2.54. The number of allylic oxidation sites excluding steroid dienone is 1. The number of amides is 1. The first-order valence-electron chi connectivity index (χ1n) is 11.7. The van der Waals surface area contributed by atoms with Gasteiger partial charge in [0.1, 0.15) is 0 Å². The summed E-state index contributed by atoms with van der Waals surface area (Å²) >= 11 is 0. The Balaban J connectivity index is 1.71. The molecular weight excluding hydrogens is 386 g/mol. The van der Waals surface area contributed by atoms with E-state index < -0.39 is 5.41 Å². The Kier molecular flexibility index (Phi) is 4.72. The molecule has 2 unspecified atom stereocenters. The SMILES string of the molecule is CCC1(c2cccc(N3CCCCC3)c2)C2=C(CC(C)(C)NC2=O)NC2N=NC(C)=C21. The van der Waals surface area contributed by atoms with E-state index in [1.807, 2.05) is 6.92 Å². The topological polar surface area (TPSA) is 69.1 Å². The summed E-state index contributed by atoms with van der Waals surface area (Å²) < 4.78 is 0. The second-order valence-electron chi connectivity index (χ2n) is 9.99. The summed E-state index contributed by atoms with van der Waals surface area (Å²) in [4.78, 5) is 16.1. The van der Waals surface area contributed by atoms with Crippen LogP contribution in [0.15, 0.2) is 57.0 Å². The van der Waals surface area contributed by atoms with Gasteiger partial charge in [0.05, 0.1) is 16.7 Å². The molecule has 6 heteroatoms. The van der Waals surface area contributed by atoms with Crippen LogP contribution < -0.4 is 15.5 Å². The Morgan fingerprint density at radius 2 is 1.97 bits per heavy atom. The average molecular weight is 420 g/mol. The van der Waals surface area contributed by atoms with Crippen LogP contribution in [0.4, 0.5) is 5.69 Å². The summed E-state index contributed by atoms with van der Waals surface area (Å²) in [5, 5.41) is 15.8. The van der Waals surface area contributed by atoms with Crippen LogP contribution in [-0.4, -0.2) is 30.7 Å². The normalized spacial score (nSPS) is 29.5. The first-order chi connectivity index (χ1) is 14.9. The number of hydrogen-bond donors (Lipinski definition) is 2. The van der Waals surface area contributed by atoms with Crippen molar-refractivity contribution in [1.29, 1.82) is 0 Å². The highest BCUT2D eigenvalue weighted by Crippen LogP contribution is 2.53. The van der Waals surface area contributed by atoms with Crippen molar-refractivity contribution in [3.63, 3.8) is 0 Å². The lowest BCUT2D eigenvalue weighted by atomic mass is 9.61. The number of carbonyl (C=O) groups excluding carboxylic acids is 1. The summed E-state index contributed by atoms with van der Waals surface area (Å²) in [6, 6.07) is 8.86. The molecule has 1 aromatic rings. The molecule has 1 amide bonds. The molecule has 1 fully saturated rings. The zero-order chi connectivity index (χ0) is 21.8. The van der Waals surface area contributed by atoms with Gasteiger partial charge in [-0.3, -0.25) is 4.79 Å². The number of nitrogens with zero attached hydrogens (tertiary/aromatic N) is 3. The summed E-state index contributed by atoms with van der Waals surface area (Å²) in [5.74, 6) is 0.0228. The number of hydrogen-bond acceptors (Lipinski definition) is 5. The van der Waals surface area contributed by atoms with Crippen molar-refractivity contribution in [2.24, 2.45) is 10.2 Å². The van der Waals surface area contributed by atoms with E-state index in [1.165, 1.54) is 30.5 Å². The van der Waals surface area contributed by atoms with Gasteiger partial charge in [-0.15, -0.1) is 0 Å². The Morgan fingerprint density at radius 1 is 1.19 bits per heavy atom. The van der Waals surface area contributed by atoms with Crippen molar-refractivity contribution in [1.82, 2.24) is 10.6 Å². The van der Waals surface area contributed by atoms with E-state index in [9.17, 15) is 4.79 Å². The third-order valence-corrected chi connectivity index (χ3v) is 7.37. The molecule has 4 heterocycles. The molecule has 2 atom stereocenters. The third-order valence-electron chi connectivity index (χ3n) is 7.37. The molecule has 4 aliphatic rings. The maximum atomic E-state index is 13.6. The Hall–Kier alpha value is -2.63. The van der Waals surface area contributed by atoms with Crippen LogP contribution in [0, 0.1) is 0 Å². The monoisotopic (exact) mass is 419 g/mol. The van der Waals surface area contributed by atoms with Crippen molar-refractivity contribution < 1.29 is 4.79 Å². The third kappa shape index (κ3) is 3.10. The van der Waals surface area contributed by atoms with Crippen molar-refractivity contribution in [3.05, 3.63) is 52.4 Å². The van der Waals surface area contributed by atoms with Gasteiger partial charge in [-0.1, -0.05) is 19.1 Å². The lowest BCUT2D eigenvalue weighted by Crippen LogP contribution is -2.58. The second-order valence-corrected chi connectivity index (χ2v) is 9.99. The second kappa shape index (κ2) is 7.21. The molecule has 4 aliphatic heterocycles. The zero-order valence-corrected chi connectivity index (χ0v) is 19.1. The summed E-state index contributed by atoms with van der Waals surface area (Å²) in [7, 11) is 0. The highest BCUT2D eigenvalue weighted by molar-refractivity contribution is 6.00. The van der Waals surface area contributed by atoms with Gasteiger partial charge in [0.15, 0.2) is 6.17 Å². The fourth-order valence-corrected chi connectivity index (χ4v) is 6.04. The van der Waals surface area contributed by atoms with E-state index in [1.54, 1.807) is 0 Å². The van der Waals surface area contributed by atoms with E-state index in [2.05, 4.69) is 70.8 Å². The maximum Gasteiger partial charge on any atom is 0.250 e. The molecule has 0 aromatic heterocycles. The van der Waals surface area contributed by atoms with E-state index in [0.29, 0.717) is 0 Å². The smallest absolute Gasteiger partial charge is 0.250 e. The average Bonchev–Trinajstić information content (AvgIpc) is 3.13. The maximum absolute atomic E-state index is 13.6. The molecule has 0 spiro atoms. The van der Waals surface area contributed by atoms with Crippen molar-refractivity contribution in [3.8, 4) is 0 Å². The number of benzene rings is 1. The van der Waals surface area contributed by atoms with Crippen molar-refractivity contribution >= 4 is 11.6 Å². The predicted octanol–water partition coefficient (Wildman–Crippen LogP) is 4.55. The van der Waals surface area contributed by atoms with Crippen LogP contribution in [0.5, 0.6) is 0 Å². The van der Waals surface area contributed by atoms with Gasteiger partial charge >= 0.3 is 0 Å². The van der Waals surface area contributed by atoms with Crippen LogP contribution in [0.25, 0.3) is 0 Å². The molecule has 0 saturated carbocycles. The van der Waals surface area contributed by atoms with Gasteiger partial charge < -0.3 is 15.5 Å². The van der Waals surface area contributed by atoms with E-state index in [-0.39, 0.29) is 17.6 Å². The fourth-order valence-electron chi connectivity index (χ4n) is 6.04. The van der Waals surface area contributed by atoms with Gasteiger partial charge in [0.2, 0.25) is 0 Å². The minimum Gasteiger partial charge on any atom is -0.372 e. The number of piperidine rings is 1. The van der Waals surface area contributed by atoms with Crippen LogP contribution in [0.1, 0.15) is 65.4 Å². The number of rotatable bonds is 3. The van der Waals surface area contributed by atoms with Gasteiger partial charge in [-0.2, -0.15) is 10.2 Å². The molecule has 0 bridgehead atoms. The predicted molar refractivity (Wildman–Crippen MR) is 123 cm³/mol. The minimum atomic E-state index is -0.523. The molecule has 0 radical (unpaired) electrons. The largest absolute Gasteiger partial charge is 0.372 e. The lowest BCUT2D eigenvalue weighted by Gasteiger charge is -2.48. The molecule has 1 aromatic carbocycles. The highest BCUT2D eigenvalue weighted by atomic mass is 16.2. The lowest BCUT2D eigenvalue weighted by molar-refractivity contribution is -0.120. The number of nitrogens with one attached hydrogen (secondary N) is 2. The van der Waals surface area contributed by atoms with E-state index in [0.717, 1.165) is 48.5 Å². The summed E-state index contributed by atoms with van der Waals surface area (Å²) in [5.41, 5.74) is 5.53. The molecule has 6 nitrogen and oxygen atoms in total. The van der Waals surface area contributed by atoms with E-state index in [4.69, 9.17) is 0 Å². The van der Waals surface area contributed by atoms with Crippen molar-refractivity contribution in [2.75, 3.05) is 18.0 Å². The van der Waals surface area contributed by atoms with Crippen molar-refractivity contribution in [2.45, 2.75) is 76.9 Å². The van der Waals surface area contributed by atoms with Gasteiger partial charge in [0.25, 0.3) is 5.91 Å². The standard InChI is InChI=1S/C25H33N5O/c1-5-25(17-10-9-11-18(14-17)30-12-7-6-8-13-30)20-16(2)28-29-22(20)26-19-15-24(3,4)27-23(31)21(19)25/h9-11,14,22,26H,5-8,12-13,15H2,1-4H3,(H,27,31). The first kappa shape index (κ1) is 20.3. The zero-order valence-electron chi connectivity index (χ0n) is 19.1. The minimum absolute atomic E-state index is 0.0228. The Bertz CT molecular complexity index is 1010. The van der Waals surface area contributed by atoms with Crippen LogP contribution in [0.2, 0.25) is 0 Å². The molecular formula is C25H33N5O. The number of azo groups is 1. The first-order valence-corrected chi connectivity index (χ1v) is 11.7. The quantitative estimate of drug-likeness (QED) is 0.755. The number of anilines is 1. The number of fused-ring (bicyclic) bond motifs is 1. The Labute approximate surface area is 184 Å². The summed E-state index contributed by atoms with van der Waals surface area (Å²) in [6.07, 6.45) is 5.15. The number of carbonyl (C=O) groups is 1. The van der Waals surface area contributed by atoms with Gasteiger partial charge in [-0.05, 0) is 64.2 Å². The molecule has 31 heavy (non-hydrogen) atoms. The molecule has 164 valence electrons. The van der Waals surface area contributed by atoms with Crippen LogP contribution in [-0.2, 0) is 10.2 Å².